The van der Waals surface area contributed by atoms with Crippen LogP contribution in [-0.2, 0) is 6.54 Å². The second kappa shape index (κ2) is 7.74. The predicted molar refractivity (Wildman–Crippen MR) is 99.6 cm³/mol. The summed E-state index contributed by atoms with van der Waals surface area (Å²) in [5.74, 6) is -0.163. The van der Waals surface area contributed by atoms with Gasteiger partial charge in [0.25, 0.3) is 5.91 Å². The third-order valence-corrected chi connectivity index (χ3v) is 3.95. The molecule has 2 aromatic carbocycles. The Bertz CT molecular complexity index is 943. The molecule has 0 aliphatic heterocycles. The minimum Gasteiger partial charge on any atom is -0.366 e. The Morgan fingerprint density at radius 1 is 1.08 bits per heavy atom. The molecule has 6 heteroatoms. The average Bonchev–Trinajstić information content (AvgIpc) is 2.63. The molecule has 132 valence electrons. The van der Waals surface area contributed by atoms with E-state index in [0.717, 1.165) is 16.8 Å². The number of carbonyl (C=O) groups excluding carboxylic acids is 1. The zero-order valence-electron chi connectivity index (χ0n) is 14.6. The van der Waals surface area contributed by atoms with Crippen LogP contribution >= 0.6 is 0 Å². The van der Waals surface area contributed by atoms with Gasteiger partial charge in [-0.3, -0.25) is 4.79 Å². The van der Waals surface area contributed by atoms with Crippen molar-refractivity contribution in [1.29, 1.82) is 0 Å². The van der Waals surface area contributed by atoms with Crippen LogP contribution in [0.25, 0.3) is 0 Å². The molecule has 0 atom stereocenters. The Morgan fingerprint density at radius 2 is 1.88 bits per heavy atom. The number of hydrogen-bond acceptors (Lipinski definition) is 4. The maximum absolute atomic E-state index is 13.7. The van der Waals surface area contributed by atoms with E-state index < -0.39 is 0 Å². The first-order valence-electron chi connectivity index (χ1n) is 8.21. The van der Waals surface area contributed by atoms with E-state index in [9.17, 15) is 9.18 Å². The first-order chi connectivity index (χ1) is 12.5. The Balaban J connectivity index is 1.70. The third kappa shape index (κ3) is 4.22. The van der Waals surface area contributed by atoms with E-state index in [1.807, 2.05) is 32.0 Å². The van der Waals surface area contributed by atoms with Crippen molar-refractivity contribution in [2.24, 2.45) is 0 Å². The average molecular weight is 350 g/mol. The van der Waals surface area contributed by atoms with Crippen LogP contribution in [0.3, 0.4) is 0 Å². The normalized spacial score (nSPS) is 10.4. The fourth-order valence-electron chi connectivity index (χ4n) is 2.55. The fourth-order valence-corrected chi connectivity index (χ4v) is 2.55. The first kappa shape index (κ1) is 17.5. The maximum Gasteiger partial charge on any atom is 0.274 e. The summed E-state index contributed by atoms with van der Waals surface area (Å²) < 4.78 is 13.7. The number of nitrogens with one attached hydrogen (secondary N) is 2. The predicted octanol–water partition coefficient (Wildman–Crippen LogP) is 4.10. The molecule has 1 amide bonds. The van der Waals surface area contributed by atoms with Crippen molar-refractivity contribution in [2.45, 2.75) is 20.4 Å². The van der Waals surface area contributed by atoms with Gasteiger partial charge in [-0.2, -0.15) is 0 Å². The highest BCUT2D eigenvalue weighted by Crippen LogP contribution is 2.17. The third-order valence-electron chi connectivity index (χ3n) is 3.95. The molecule has 0 unspecified atom stereocenters. The second-order valence-electron chi connectivity index (χ2n) is 6.01. The molecule has 3 rings (SSSR count). The number of aryl methyl sites for hydroxylation is 2. The molecule has 0 spiro atoms. The van der Waals surface area contributed by atoms with Gasteiger partial charge in [0, 0.05) is 23.9 Å². The van der Waals surface area contributed by atoms with Crippen LogP contribution in [-0.4, -0.2) is 15.9 Å². The number of rotatable bonds is 5. The van der Waals surface area contributed by atoms with Crippen molar-refractivity contribution in [3.05, 3.63) is 83.1 Å². The van der Waals surface area contributed by atoms with Gasteiger partial charge in [-0.1, -0.05) is 35.9 Å². The number of aromatic nitrogens is 2. The van der Waals surface area contributed by atoms with Gasteiger partial charge in [-0.05, 0) is 31.5 Å². The van der Waals surface area contributed by atoms with Crippen molar-refractivity contribution < 1.29 is 9.18 Å². The molecule has 2 N–H and O–H groups in total. The number of anilines is 2. The number of hydrogen-bond donors (Lipinski definition) is 2. The van der Waals surface area contributed by atoms with Crippen LogP contribution in [0.4, 0.5) is 15.9 Å². The van der Waals surface area contributed by atoms with Gasteiger partial charge in [-0.25, -0.2) is 14.4 Å². The van der Waals surface area contributed by atoms with E-state index in [4.69, 9.17) is 0 Å². The molecule has 3 aromatic rings. The summed E-state index contributed by atoms with van der Waals surface area (Å²) in [7, 11) is 0. The van der Waals surface area contributed by atoms with Gasteiger partial charge in [0.1, 0.15) is 23.7 Å². The number of benzene rings is 2. The molecule has 0 bridgehead atoms. The Morgan fingerprint density at radius 3 is 2.65 bits per heavy atom. The zero-order chi connectivity index (χ0) is 18.5. The summed E-state index contributed by atoms with van der Waals surface area (Å²) in [6, 6.07) is 13.8. The molecule has 0 aliphatic rings. The lowest BCUT2D eigenvalue weighted by atomic mass is 10.1. The molecule has 26 heavy (non-hydrogen) atoms. The van der Waals surface area contributed by atoms with Gasteiger partial charge in [-0.15, -0.1) is 0 Å². The molecule has 0 saturated heterocycles. The van der Waals surface area contributed by atoms with Crippen LogP contribution < -0.4 is 10.6 Å². The topological polar surface area (TPSA) is 66.9 Å². The lowest BCUT2D eigenvalue weighted by molar-refractivity contribution is 0.102. The quantitative estimate of drug-likeness (QED) is 0.727. The summed E-state index contributed by atoms with van der Waals surface area (Å²) in [6.45, 7) is 4.20. The highest BCUT2D eigenvalue weighted by molar-refractivity contribution is 6.03. The van der Waals surface area contributed by atoms with Gasteiger partial charge < -0.3 is 10.6 Å². The van der Waals surface area contributed by atoms with Crippen molar-refractivity contribution in [3.63, 3.8) is 0 Å². The highest BCUT2D eigenvalue weighted by Gasteiger charge is 2.11. The SMILES string of the molecule is Cc1ccc(NC(=O)c2cc(NCc3ccccc3F)ncn2)c(C)c1. The molecule has 0 aliphatic carbocycles. The Hall–Kier alpha value is -3.28. The lowest BCUT2D eigenvalue weighted by Crippen LogP contribution is -2.15. The van der Waals surface area contributed by atoms with E-state index in [0.29, 0.717) is 11.4 Å². The number of carbonyl (C=O) groups is 1. The van der Waals surface area contributed by atoms with Gasteiger partial charge in [0.05, 0.1) is 0 Å². The smallest absolute Gasteiger partial charge is 0.274 e. The molecule has 0 fully saturated rings. The van der Waals surface area contributed by atoms with Crippen LogP contribution in [0.2, 0.25) is 0 Å². The number of halogens is 1. The van der Waals surface area contributed by atoms with Gasteiger partial charge in [0.15, 0.2) is 0 Å². The van der Waals surface area contributed by atoms with E-state index in [1.165, 1.54) is 12.4 Å². The fraction of sp³-hybridized carbons (Fsp3) is 0.150. The molecule has 0 radical (unpaired) electrons. The Kier molecular flexibility index (Phi) is 5.22. The highest BCUT2D eigenvalue weighted by atomic mass is 19.1. The zero-order valence-corrected chi connectivity index (χ0v) is 14.6. The van der Waals surface area contributed by atoms with Crippen LogP contribution in [0.1, 0.15) is 27.2 Å². The standard InChI is InChI=1S/C20H19FN4O/c1-13-7-8-17(14(2)9-13)25-20(26)18-10-19(24-12-23-18)22-11-15-5-3-4-6-16(15)21/h3-10,12H,11H2,1-2H3,(H,25,26)(H,22,23,24). The monoisotopic (exact) mass is 350 g/mol. The minimum absolute atomic E-state index is 0.232. The summed E-state index contributed by atoms with van der Waals surface area (Å²) >= 11 is 0. The second-order valence-corrected chi connectivity index (χ2v) is 6.01. The molecule has 0 saturated carbocycles. The van der Waals surface area contributed by atoms with E-state index >= 15 is 0 Å². The van der Waals surface area contributed by atoms with Crippen LogP contribution in [0, 0.1) is 19.7 Å². The molecule has 5 nitrogen and oxygen atoms in total. The van der Waals surface area contributed by atoms with E-state index in [1.54, 1.807) is 24.3 Å². The van der Waals surface area contributed by atoms with Crippen molar-refractivity contribution in [1.82, 2.24) is 9.97 Å². The summed E-state index contributed by atoms with van der Waals surface area (Å²) in [5.41, 5.74) is 3.59. The molecular formula is C20H19FN4O. The van der Waals surface area contributed by atoms with Gasteiger partial charge >= 0.3 is 0 Å². The number of nitrogens with zero attached hydrogens (tertiary/aromatic N) is 2. The summed E-state index contributed by atoms with van der Waals surface area (Å²) in [5, 5.41) is 5.86. The molecular weight excluding hydrogens is 331 g/mol. The van der Waals surface area contributed by atoms with E-state index in [2.05, 4.69) is 20.6 Å². The van der Waals surface area contributed by atoms with Crippen molar-refractivity contribution in [2.75, 3.05) is 10.6 Å². The summed E-state index contributed by atoms with van der Waals surface area (Å²) in [4.78, 5) is 20.5. The Labute approximate surface area is 151 Å². The summed E-state index contributed by atoms with van der Waals surface area (Å²) in [6.07, 6.45) is 1.31. The van der Waals surface area contributed by atoms with Crippen LogP contribution in [0.15, 0.2) is 54.9 Å². The van der Waals surface area contributed by atoms with Crippen molar-refractivity contribution in [3.8, 4) is 0 Å². The van der Waals surface area contributed by atoms with E-state index in [-0.39, 0.29) is 24.0 Å². The number of amides is 1. The minimum atomic E-state index is -0.326. The maximum atomic E-state index is 13.7. The largest absolute Gasteiger partial charge is 0.366 e. The van der Waals surface area contributed by atoms with Crippen LogP contribution in [0.5, 0.6) is 0 Å². The first-order valence-corrected chi connectivity index (χ1v) is 8.21. The van der Waals surface area contributed by atoms with Gasteiger partial charge in [0.2, 0.25) is 0 Å². The molecule has 1 heterocycles. The lowest BCUT2D eigenvalue weighted by Gasteiger charge is -2.10. The van der Waals surface area contributed by atoms with Crippen molar-refractivity contribution >= 4 is 17.4 Å². The molecule has 1 aromatic heterocycles.